The van der Waals surface area contributed by atoms with Gasteiger partial charge in [0.15, 0.2) is 0 Å². The fraction of sp³-hybridized carbons (Fsp3) is 0.667. The van der Waals surface area contributed by atoms with E-state index in [1.165, 1.54) is 102 Å². The summed E-state index contributed by atoms with van der Waals surface area (Å²) in [5, 5.41) is 0. The van der Waals surface area contributed by atoms with Gasteiger partial charge in [0.25, 0.3) is 0 Å². The number of likely N-dealkylation sites (tertiary alicyclic amines) is 2. The molecule has 3 heterocycles. The van der Waals surface area contributed by atoms with Crippen LogP contribution < -0.4 is 14.5 Å². The summed E-state index contributed by atoms with van der Waals surface area (Å²) in [7, 11) is 6.53. The number of anilines is 2. The van der Waals surface area contributed by atoms with Crippen LogP contribution in [0.4, 0.5) is 11.4 Å². The van der Waals surface area contributed by atoms with Gasteiger partial charge in [-0.05, 0) is 139 Å². The molecule has 5 heteroatoms. The van der Waals surface area contributed by atoms with Crippen molar-refractivity contribution in [3.8, 4) is 5.75 Å². The summed E-state index contributed by atoms with van der Waals surface area (Å²) >= 11 is 0. The maximum Gasteiger partial charge on any atom is 0.121 e. The molecule has 2 unspecified atom stereocenters. The van der Waals surface area contributed by atoms with Crippen molar-refractivity contribution in [3.05, 3.63) is 54.6 Å². The number of benzene rings is 2. The van der Waals surface area contributed by atoms with Crippen LogP contribution in [0.3, 0.4) is 0 Å². The lowest BCUT2D eigenvalue weighted by molar-refractivity contribution is 0.0263. The summed E-state index contributed by atoms with van der Waals surface area (Å²) < 4.78 is 6.76. The topological polar surface area (TPSA) is 22.2 Å². The maximum absolute atomic E-state index is 6.76. The normalized spacial score (nSPS) is 22.0. The van der Waals surface area contributed by atoms with Crippen LogP contribution in [0, 0.1) is 29.6 Å². The Balaban J connectivity index is 1.33. The highest BCUT2D eigenvalue weighted by molar-refractivity contribution is 5.49. The molecule has 0 spiro atoms. The maximum atomic E-state index is 6.76. The highest BCUT2D eigenvalue weighted by Gasteiger charge is 2.39. The number of para-hydroxylation sites is 1. The molecule has 2 aromatic rings. The average Bonchev–Trinajstić information content (AvgIpc) is 3.02. The van der Waals surface area contributed by atoms with E-state index in [0.29, 0.717) is 5.92 Å². The smallest absolute Gasteiger partial charge is 0.121 e. The van der Waals surface area contributed by atoms with Crippen LogP contribution in [0.5, 0.6) is 5.75 Å². The van der Waals surface area contributed by atoms with Crippen molar-refractivity contribution in [1.82, 2.24) is 9.80 Å². The summed E-state index contributed by atoms with van der Waals surface area (Å²) in [6, 6.07) is 19.8. The predicted molar refractivity (Wildman–Crippen MR) is 174 cm³/mol. The number of hydrogen-bond acceptors (Lipinski definition) is 5. The summed E-state index contributed by atoms with van der Waals surface area (Å²) in [6.45, 7) is 11.8. The molecular formula is C36H56N4O. The Bertz CT molecular complexity index is 1020. The molecule has 3 aliphatic heterocycles. The van der Waals surface area contributed by atoms with E-state index in [1.54, 1.807) is 0 Å². The van der Waals surface area contributed by atoms with E-state index in [1.807, 2.05) is 0 Å². The second-order valence-electron chi connectivity index (χ2n) is 13.4. The molecule has 3 aliphatic rings. The number of piperidine rings is 3. The monoisotopic (exact) mass is 560 g/mol. The van der Waals surface area contributed by atoms with Crippen molar-refractivity contribution in [2.24, 2.45) is 29.6 Å². The quantitative estimate of drug-likeness (QED) is 0.303. The van der Waals surface area contributed by atoms with Crippen molar-refractivity contribution in [1.29, 1.82) is 0 Å². The lowest BCUT2D eigenvalue weighted by Gasteiger charge is -2.45. The molecule has 3 saturated heterocycles. The lowest BCUT2D eigenvalue weighted by atomic mass is 9.66. The van der Waals surface area contributed by atoms with E-state index in [-0.39, 0.29) is 0 Å². The third-order valence-electron chi connectivity index (χ3n) is 10.7. The molecule has 2 atom stereocenters. The first kappa shape index (κ1) is 30.2. The van der Waals surface area contributed by atoms with E-state index in [4.69, 9.17) is 4.74 Å². The van der Waals surface area contributed by atoms with Gasteiger partial charge in [-0.3, -0.25) is 0 Å². The molecule has 3 fully saturated rings. The van der Waals surface area contributed by atoms with Gasteiger partial charge in [-0.1, -0.05) is 31.2 Å². The zero-order chi connectivity index (χ0) is 28.6. The Hall–Kier alpha value is -2.24. The third-order valence-corrected chi connectivity index (χ3v) is 10.7. The second kappa shape index (κ2) is 14.8. The SMILES string of the molecule is CCN1CCC(C(CC2CCN(c3ccccc3)CC2)C(COc2cccc(N(C)C)c2)C2CCN(C)CC2)CC1. The molecule has 41 heavy (non-hydrogen) atoms. The second-order valence-corrected chi connectivity index (χ2v) is 13.4. The fourth-order valence-corrected chi connectivity index (χ4v) is 7.97. The third kappa shape index (κ3) is 8.20. The van der Waals surface area contributed by atoms with Gasteiger partial charge >= 0.3 is 0 Å². The van der Waals surface area contributed by atoms with Gasteiger partial charge in [-0.15, -0.1) is 0 Å². The Morgan fingerprint density at radius 3 is 2.10 bits per heavy atom. The summed E-state index contributed by atoms with van der Waals surface area (Å²) in [4.78, 5) is 9.98. The van der Waals surface area contributed by atoms with Gasteiger partial charge in [-0.25, -0.2) is 0 Å². The molecule has 0 amide bonds. The van der Waals surface area contributed by atoms with Crippen molar-refractivity contribution in [3.63, 3.8) is 0 Å². The molecule has 0 aromatic heterocycles. The van der Waals surface area contributed by atoms with Crippen LogP contribution in [-0.2, 0) is 0 Å². The Morgan fingerprint density at radius 2 is 1.44 bits per heavy atom. The molecule has 2 aromatic carbocycles. The zero-order valence-corrected chi connectivity index (χ0v) is 26.4. The van der Waals surface area contributed by atoms with Crippen LogP contribution in [-0.4, -0.2) is 83.4 Å². The number of ether oxygens (including phenoxy) is 1. The first-order chi connectivity index (χ1) is 20.0. The van der Waals surface area contributed by atoms with Gasteiger partial charge in [0.1, 0.15) is 5.75 Å². The van der Waals surface area contributed by atoms with Crippen molar-refractivity contribution >= 4 is 11.4 Å². The van der Waals surface area contributed by atoms with Gasteiger partial charge in [-0.2, -0.15) is 0 Å². The molecule has 5 rings (SSSR count). The van der Waals surface area contributed by atoms with Crippen molar-refractivity contribution in [2.45, 2.75) is 51.9 Å². The largest absolute Gasteiger partial charge is 0.493 e. The standard InChI is InChI=1S/C36H56N4O/c1-5-39-22-18-30(19-23-39)35(26-29-14-24-40(25-15-29)32-10-7-6-8-11-32)36(31-16-20-38(4)21-17-31)28-41-34-13-9-12-33(27-34)37(2)3/h6-13,27,29-31,35-36H,5,14-26,28H2,1-4H3. The Morgan fingerprint density at radius 1 is 0.780 bits per heavy atom. The highest BCUT2D eigenvalue weighted by Crippen LogP contribution is 2.43. The molecule has 226 valence electrons. The van der Waals surface area contributed by atoms with E-state index < -0.39 is 0 Å². The molecule has 0 bridgehead atoms. The fourth-order valence-electron chi connectivity index (χ4n) is 7.97. The summed E-state index contributed by atoms with van der Waals surface area (Å²) in [5.41, 5.74) is 2.61. The Kier molecular flexibility index (Phi) is 10.9. The molecule has 0 N–H and O–H groups in total. The van der Waals surface area contributed by atoms with Gasteiger partial charge < -0.3 is 24.3 Å². The zero-order valence-electron chi connectivity index (χ0n) is 26.4. The van der Waals surface area contributed by atoms with E-state index in [0.717, 1.165) is 36.0 Å². The molecule has 0 saturated carbocycles. The first-order valence-corrected chi connectivity index (χ1v) is 16.6. The van der Waals surface area contributed by atoms with E-state index >= 15 is 0 Å². The van der Waals surface area contributed by atoms with Gasteiger partial charge in [0.2, 0.25) is 0 Å². The van der Waals surface area contributed by atoms with Crippen LogP contribution in [0.1, 0.15) is 51.9 Å². The van der Waals surface area contributed by atoms with Crippen molar-refractivity contribution < 1.29 is 4.74 Å². The minimum Gasteiger partial charge on any atom is -0.493 e. The van der Waals surface area contributed by atoms with Crippen molar-refractivity contribution in [2.75, 3.05) is 83.4 Å². The molecule has 5 nitrogen and oxygen atoms in total. The summed E-state index contributed by atoms with van der Waals surface area (Å²) in [6.07, 6.45) is 9.40. The van der Waals surface area contributed by atoms with Crippen LogP contribution in [0.15, 0.2) is 54.6 Å². The number of nitrogens with zero attached hydrogens (tertiary/aromatic N) is 4. The predicted octanol–water partition coefficient (Wildman–Crippen LogP) is 6.74. The average molecular weight is 561 g/mol. The first-order valence-electron chi connectivity index (χ1n) is 16.6. The van der Waals surface area contributed by atoms with Gasteiger partial charge in [0, 0.05) is 44.6 Å². The minimum absolute atomic E-state index is 0.636. The number of rotatable bonds is 11. The van der Waals surface area contributed by atoms with E-state index in [2.05, 4.69) is 102 Å². The Labute approximate surface area is 250 Å². The lowest BCUT2D eigenvalue weighted by Crippen LogP contribution is -2.44. The molecule has 0 radical (unpaired) electrons. The summed E-state index contributed by atoms with van der Waals surface area (Å²) in [5.74, 6) is 4.85. The van der Waals surface area contributed by atoms with Crippen LogP contribution in [0.2, 0.25) is 0 Å². The highest BCUT2D eigenvalue weighted by atomic mass is 16.5. The van der Waals surface area contributed by atoms with Crippen LogP contribution in [0.25, 0.3) is 0 Å². The van der Waals surface area contributed by atoms with Gasteiger partial charge in [0.05, 0.1) is 6.61 Å². The van der Waals surface area contributed by atoms with E-state index in [9.17, 15) is 0 Å². The molecular weight excluding hydrogens is 504 g/mol. The minimum atomic E-state index is 0.636. The van der Waals surface area contributed by atoms with Crippen LogP contribution >= 0.6 is 0 Å². The molecule has 0 aliphatic carbocycles. The number of hydrogen-bond donors (Lipinski definition) is 0.